The predicted octanol–water partition coefficient (Wildman–Crippen LogP) is 2.25. The number of amides is 1. The van der Waals surface area contributed by atoms with Gasteiger partial charge in [0, 0.05) is 41.3 Å². The molecule has 1 aromatic heterocycles. The van der Waals surface area contributed by atoms with Gasteiger partial charge in [-0.05, 0) is 12.1 Å². The smallest absolute Gasteiger partial charge is 0.220 e. The number of benzene rings is 1. The van der Waals surface area contributed by atoms with Gasteiger partial charge in [-0.2, -0.15) is 5.10 Å². The van der Waals surface area contributed by atoms with Gasteiger partial charge in [0.25, 0.3) is 0 Å². The molecule has 0 spiro atoms. The van der Waals surface area contributed by atoms with Crippen molar-refractivity contribution < 1.29 is 9.53 Å². The second kappa shape index (κ2) is 8.17. The number of carbonyl (C=O) groups excluding carboxylic acids is 1. The molecule has 1 amide bonds. The van der Waals surface area contributed by atoms with Crippen LogP contribution in [0.4, 0.5) is 0 Å². The molecule has 6 heteroatoms. The van der Waals surface area contributed by atoms with Crippen LogP contribution in [0.1, 0.15) is 17.7 Å². The fourth-order valence-corrected chi connectivity index (χ4v) is 3.44. The van der Waals surface area contributed by atoms with Crippen molar-refractivity contribution in [3.8, 4) is 0 Å². The Hall–Kier alpha value is -1.79. The first-order chi connectivity index (χ1) is 11.3. The molecule has 1 aliphatic rings. The van der Waals surface area contributed by atoms with E-state index in [1.165, 1.54) is 16.2 Å². The average molecular weight is 331 g/mol. The third kappa shape index (κ3) is 4.59. The van der Waals surface area contributed by atoms with E-state index in [4.69, 9.17) is 4.74 Å². The molecule has 0 aliphatic carbocycles. The molecule has 0 saturated carbocycles. The number of hydrogen-bond donors (Lipinski definition) is 1. The summed E-state index contributed by atoms with van der Waals surface area (Å²) >= 11 is 1.71. The van der Waals surface area contributed by atoms with Gasteiger partial charge in [0.05, 0.1) is 26.0 Å². The molecular weight excluding hydrogens is 310 g/mol. The van der Waals surface area contributed by atoms with Crippen LogP contribution in [0, 0.1) is 0 Å². The lowest BCUT2D eigenvalue weighted by molar-refractivity contribution is -0.120. The number of nitrogens with zero attached hydrogens (tertiary/aromatic N) is 2. The minimum absolute atomic E-state index is 0.0952. The molecule has 0 bridgehead atoms. The molecule has 2 heterocycles. The van der Waals surface area contributed by atoms with Gasteiger partial charge in [-0.3, -0.25) is 9.48 Å². The number of hydrogen-bond acceptors (Lipinski definition) is 4. The van der Waals surface area contributed by atoms with Gasteiger partial charge >= 0.3 is 0 Å². The third-order valence-corrected chi connectivity index (χ3v) is 4.78. The van der Waals surface area contributed by atoms with E-state index in [9.17, 15) is 4.79 Å². The van der Waals surface area contributed by atoms with Crippen molar-refractivity contribution >= 4 is 17.7 Å². The Kier molecular flexibility index (Phi) is 5.71. The quantitative estimate of drug-likeness (QED) is 0.791. The summed E-state index contributed by atoms with van der Waals surface area (Å²) in [4.78, 5) is 13.1. The van der Waals surface area contributed by atoms with E-state index in [1.54, 1.807) is 11.8 Å². The molecular formula is C17H21N3O2S. The molecule has 1 N–H and O–H groups in total. The summed E-state index contributed by atoms with van der Waals surface area (Å²) in [5, 5.41) is 7.35. The number of rotatable bonds is 7. The zero-order valence-corrected chi connectivity index (χ0v) is 13.8. The Morgan fingerprint density at radius 3 is 3.09 bits per heavy atom. The minimum Gasteiger partial charge on any atom is -0.376 e. The SMILES string of the molecule is O=C(CCSc1ccccc1)NCCn1ncc2c1CCOC2. The zero-order chi connectivity index (χ0) is 15.9. The van der Waals surface area contributed by atoms with Crippen LogP contribution in [-0.4, -0.2) is 34.6 Å². The number of fused-ring (bicyclic) bond motifs is 1. The van der Waals surface area contributed by atoms with E-state index in [2.05, 4.69) is 22.5 Å². The van der Waals surface area contributed by atoms with Crippen molar-refractivity contribution in [2.75, 3.05) is 18.9 Å². The van der Waals surface area contributed by atoms with E-state index in [0.29, 0.717) is 26.1 Å². The molecule has 5 nitrogen and oxygen atoms in total. The van der Waals surface area contributed by atoms with Gasteiger partial charge in [-0.25, -0.2) is 0 Å². The monoisotopic (exact) mass is 331 g/mol. The van der Waals surface area contributed by atoms with E-state index in [0.717, 1.165) is 18.8 Å². The molecule has 1 aromatic carbocycles. The molecule has 0 saturated heterocycles. The highest BCUT2D eigenvalue weighted by Crippen LogP contribution is 2.17. The Morgan fingerprint density at radius 2 is 2.22 bits per heavy atom. The maximum Gasteiger partial charge on any atom is 0.220 e. The first kappa shape index (κ1) is 16.1. The van der Waals surface area contributed by atoms with E-state index >= 15 is 0 Å². The summed E-state index contributed by atoms with van der Waals surface area (Å²) in [6, 6.07) is 10.1. The highest BCUT2D eigenvalue weighted by Gasteiger charge is 2.15. The summed E-state index contributed by atoms with van der Waals surface area (Å²) in [7, 11) is 0. The predicted molar refractivity (Wildman–Crippen MR) is 90.4 cm³/mol. The van der Waals surface area contributed by atoms with Crippen LogP contribution in [0.25, 0.3) is 0 Å². The number of carbonyl (C=O) groups is 1. The highest BCUT2D eigenvalue weighted by molar-refractivity contribution is 7.99. The normalized spacial score (nSPS) is 13.6. The summed E-state index contributed by atoms with van der Waals surface area (Å²) < 4.78 is 7.39. The average Bonchev–Trinajstić information content (AvgIpc) is 2.99. The molecule has 122 valence electrons. The van der Waals surface area contributed by atoms with E-state index < -0.39 is 0 Å². The summed E-state index contributed by atoms with van der Waals surface area (Å²) in [5.74, 6) is 0.891. The summed E-state index contributed by atoms with van der Waals surface area (Å²) in [5.41, 5.74) is 2.41. The summed E-state index contributed by atoms with van der Waals surface area (Å²) in [6.07, 6.45) is 3.30. The second-order valence-corrected chi connectivity index (χ2v) is 6.57. The summed E-state index contributed by atoms with van der Waals surface area (Å²) in [6.45, 7) is 2.73. The zero-order valence-electron chi connectivity index (χ0n) is 13.0. The van der Waals surface area contributed by atoms with Gasteiger partial charge < -0.3 is 10.1 Å². The fourth-order valence-electron chi connectivity index (χ4n) is 2.57. The maximum absolute atomic E-state index is 11.9. The molecule has 3 rings (SSSR count). The van der Waals surface area contributed by atoms with Crippen LogP contribution >= 0.6 is 11.8 Å². The van der Waals surface area contributed by atoms with Crippen molar-refractivity contribution in [3.05, 3.63) is 47.8 Å². The first-order valence-corrected chi connectivity index (χ1v) is 8.87. The molecule has 23 heavy (non-hydrogen) atoms. The molecule has 0 unspecified atom stereocenters. The van der Waals surface area contributed by atoms with Crippen LogP contribution < -0.4 is 5.32 Å². The van der Waals surface area contributed by atoms with Gasteiger partial charge in [0.15, 0.2) is 0 Å². The van der Waals surface area contributed by atoms with Crippen LogP contribution in [0.15, 0.2) is 41.4 Å². The molecule has 0 fully saturated rings. The number of ether oxygens (including phenoxy) is 1. The lowest BCUT2D eigenvalue weighted by Gasteiger charge is -2.14. The van der Waals surface area contributed by atoms with Gasteiger partial charge in [0.1, 0.15) is 0 Å². The Bertz CT molecular complexity index is 643. The highest BCUT2D eigenvalue weighted by atomic mass is 32.2. The van der Waals surface area contributed by atoms with Crippen LogP contribution in [0.5, 0.6) is 0 Å². The van der Waals surface area contributed by atoms with Crippen molar-refractivity contribution in [2.24, 2.45) is 0 Å². The van der Waals surface area contributed by atoms with Crippen LogP contribution in [0.3, 0.4) is 0 Å². The lowest BCUT2D eigenvalue weighted by atomic mass is 10.2. The second-order valence-electron chi connectivity index (χ2n) is 5.40. The Labute approximate surface area is 140 Å². The fraction of sp³-hybridized carbons (Fsp3) is 0.412. The largest absolute Gasteiger partial charge is 0.376 e. The number of thioether (sulfide) groups is 1. The topological polar surface area (TPSA) is 56.2 Å². The number of aromatic nitrogens is 2. The van der Waals surface area contributed by atoms with Crippen molar-refractivity contribution in [2.45, 2.75) is 30.9 Å². The van der Waals surface area contributed by atoms with E-state index in [-0.39, 0.29) is 5.91 Å². The van der Waals surface area contributed by atoms with Gasteiger partial charge in [0.2, 0.25) is 5.91 Å². The van der Waals surface area contributed by atoms with Crippen LogP contribution in [-0.2, 0) is 29.1 Å². The maximum atomic E-state index is 11.9. The molecule has 2 aromatic rings. The minimum atomic E-state index is 0.0952. The Balaban J connectivity index is 1.35. The molecule has 0 radical (unpaired) electrons. The van der Waals surface area contributed by atoms with Gasteiger partial charge in [-0.1, -0.05) is 18.2 Å². The van der Waals surface area contributed by atoms with Crippen molar-refractivity contribution in [3.63, 3.8) is 0 Å². The van der Waals surface area contributed by atoms with Crippen LogP contribution in [0.2, 0.25) is 0 Å². The standard InChI is InChI=1S/C17H21N3O2S/c21-17(7-11-23-15-4-2-1-3-5-15)18-8-9-20-16-6-10-22-13-14(16)12-19-20/h1-5,12H,6-11,13H2,(H,18,21). The van der Waals surface area contributed by atoms with Crippen molar-refractivity contribution in [1.29, 1.82) is 0 Å². The third-order valence-electron chi connectivity index (χ3n) is 3.76. The van der Waals surface area contributed by atoms with E-state index in [1.807, 2.05) is 29.1 Å². The number of nitrogens with one attached hydrogen (secondary N) is 1. The molecule has 0 atom stereocenters. The Morgan fingerprint density at radius 1 is 1.35 bits per heavy atom. The lowest BCUT2D eigenvalue weighted by Crippen LogP contribution is -2.28. The first-order valence-electron chi connectivity index (χ1n) is 7.89. The van der Waals surface area contributed by atoms with Gasteiger partial charge in [-0.15, -0.1) is 11.8 Å². The molecule has 1 aliphatic heterocycles. The van der Waals surface area contributed by atoms with Crippen molar-refractivity contribution in [1.82, 2.24) is 15.1 Å².